The lowest BCUT2D eigenvalue weighted by Gasteiger charge is -2.37. The van der Waals surface area contributed by atoms with E-state index in [0.717, 1.165) is 38.7 Å². The molecule has 9 heteroatoms. The first-order valence-corrected chi connectivity index (χ1v) is 14.5. The van der Waals surface area contributed by atoms with Crippen LogP contribution in [0.5, 0.6) is 5.75 Å². The predicted molar refractivity (Wildman–Crippen MR) is 136 cm³/mol. The highest BCUT2D eigenvalue weighted by Gasteiger charge is 2.48. The molecule has 0 bridgehead atoms. The minimum absolute atomic E-state index is 0.0577. The van der Waals surface area contributed by atoms with Crippen LogP contribution >= 0.6 is 0 Å². The summed E-state index contributed by atoms with van der Waals surface area (Å²) in [4.78, 5) is 12.8. The van der Waals surface area contributed by atoms with Gasteiger partial charge in [-0.3, -0.25) is 9.53 Å². The highest BCUT2D eigenvalue weighted by Crippen LogP contribution is 2.45. The first-order chi connectivity index (χ1) is 18.4. The van der Waals surface area contributed by atoms with Crippen LogP contribution in [-0.2, 0) is 14.3 Å². The molecule has 0 aromatic heterocycles. The van der Waals surface area contributed by atoms with Gasteiger partial charge in [0.1, 0.15) is 11.6 Å². The van der Waals surface area contributed by atoms with E-state index in [1.54, 1.807) is 0 Å². The van der Waals surface area contributed by atoms with Gasteiger partial charge in [-0.2, -0.15) is 17.6 Å². The van der Waals surface area contributed by atoms with Crippen molar-refractivity contribution in [2.45, 2.75) is 115 Å². The number of hydrogen-bond acceptors (Lipinski definition) is 4. The fourth-order valence-electron chi connectivity index (χ4n) is 6.73. The molecule has 2 unspecified atom stereocenters. The third kappa shape index (κ3) is 8.15. The molecule has 4 rings (SSSR count). The van der Waals surface area contributed by atoms with Crippen LogP contribution in [0.25, 0.3) is 0 Å². The van der Waals surface area contributed by atoms with E-state index < -0.39 is 24.0 Å². The van der Waals surface area contributed by atoms with Gasteiger partial charge in [0.05, 0.1) is 17.9 Å². The Morgan fingerprint density at radius 2 is 1.67 bits per heavy atom. The summed E-state index contributed by atoms with van der Waals surface area (Å²) < 4.78 is 84.3. The minimum atomic E-state index is -3.94. The van der Waals surface area contributed by atoms with Crippen molar-refractivity contribution in [2.75, 3.05) is 6.61 Å². The van der Waals surface area contributed by atoms with Crippen LogP contribution in [0.1, 0.15) is 102 Å². The first-order valence-electron chi connectivity index (χ1n) is 14.5. The SMILES string of the molecule is CCCC1CCC(C2CCC(C(=O)Oc3ccc(C4CCC(C(F)(F)OC(C)(F)F)CC4)c(F)c3)CC2)OC1. The molecular formula is C30H41F5O4. The minimum Gasteiger partial charge on any atom is -0.426 e. The number of ether oxygens (including phenoxy) is 3. The summed E-state index contributed by atoms with van der Waals surface area (Å²) in [6.45, 7) is 3.32. The summed E-state index contributed by atoms with van der Waals surface area (Å²) in [5.74, 6) is -1.56. The molecule has 220 valence electrons. The van der Waals surface area contributed by atoms with Crippen LogP contribution in [0.2, 0.25) is 0 Å². The third-order valence-corrected chi connectivity index (χ3v) is 8.88. The molecule has 3 fully saturated rings. The Kier molecular flexibility index (Phi) is 9.95. The van der Waals surface area contributed by atoms with Crippen molar-refractivity contribution in [3.63, 3.8) is 0 Å². The van der Waals surface area contributed by atoms with Gasteiger partial charge in [-0.1, -0.05) is 19.4 Å². The van der Waals surface area contributed by atoms with Crippen molar-refractivity contribution in [1.29, 1.82) is 0 Å². The Balaban J connectivity index is 1.23. The molecule has 3 aliphatic rings. The van der Waals surface area contributed by atoms with Crippen molar-refractivity contribution in [2.24, 2.45) is 23.7 Å². The number of rotatable bonds is 9. The van der Waals surface area contributed by atoms with Crippen molar-refractivity contribution in [3.8, 4) is 5.75 Å². The van der Waals surface area contributed by atoms with E-state index in [0.29, 0.717) is 17.4 Å². The zero-order chi connectivity index (χ0) is 28.2. The van der Waals surface area contributed by atoms with Crippen LogP contribution in [0.4, 0.5) is 22.0 Å². The molecule has 0 amide bonds. The molecule has 1 aliphatic heterocycles. The highest BCUT2D eigenvalue weighted by molar-refractivity contribution is 5.75. The Morgan fingerprint density at radius 1 is 0.974 bits per heavy atom. The van der Waals surface area contributed by atoms with E-state index >= 15 is 0 Å². The average Bonchev–Trinajstić information content (AvgIpc) is 2.88. The van der Waals surface area contributed by atoms with Crippen molar-refractivity contribution in [3.05, 3.63) is 29.6 Å². The summed E-state index contributed by atoms with van der Waals surface area (Å²) in [5.41, 5.74) is 0.354. The Labute approximate surface area is 228 Å². The maximum atomic E-state index is 14.9. The molecule has 2 atom stereocenters. The summed E-state index contributed by atoms with van der Waals surface area (Å²) in [6.07, 6.45) is 0.711. The number of benzene rings is 1. The largest absolute Gasteiger partial charge is 0.426 e. The predicted octanol–water partition coefficient (Wildman–Crippen LogP) is 8.63. The van der Waals surface area contributed by atoms with Gasteiger partial charge in [-0.25, -0.2) is 4.39 Å². The van der Waals surface area contributed by atoms with Gasteiger partial charge in [-0.05, 0) is 100 Å². The van der Waals surface area contributed by atoms with Crippen LogP contribution in [0.3, 0.4) is 0 Å². The van der Waals surface area contributed by atoms with Crippen LogP contribution in [0.15, 0.2) is 18.2 Å². The topological polar surface area (TPSA) is 44.8 Å². The summed E-state index contributed by atoms with van der Waals surface area (Å²) in [5, 5.41) is 0. The summed E-state index contributed by atoms with van der Waals surface area (Å²) in [6, 6.07) is 4.23. The lowest BCUT2D eigenvalue weighted by molar-refractivity contribution is -0.387. The van der Waals surface area contributed by atoms with Gasteiger partial charge < -0.3 is 9.47 Å². The van der Waals surface area contributed by atoms with E-state index in [9.17, 15) is 26.7 Å². The Morgan fingerprint density at radius 3 is 2.23 bits per heavy atom. The van der Waals surface area contributed by atoms with Crippen LogP contribution < -0.4 is 4.74 Å². The standard InChI is InChI=1S/C30H41F5O4/c1-3-4-19-5-16-27(37-18-19)21-6-8-22(9-7-21)28(36)38-24-14-15-25(26(31)17-24)20-10-12-23(13-11-20)30(34,35)39-29(2,32)33/h14-15,17,19-23,27H,3-13,16,18H2,1-2H3. The first kappa shape index (κ1) is 30.2. The molecular weight excluding hydrogens is 519 g/mol. The summed E-state index contributed by atoms with van der Waals surface area (Å²) >= 11 is 0. The fourth-order valence-corrected chi connectivity index (χ4v) is 6.73. The van der Waals surface area contributed by atoms with Gasteiger partial charge in [0, 0.05) is 19.6 Å². The smallest absolute Gasteiger partial charge is 0.362 e. The quantitative estimate of drug-likeness (QED) is 0.172. The number of alkyl halides is 4. The Bertz CT molecular complexity index is 941. The van der Waals surface area contributed by atoms with Crippen LogP contribution in [-0.4, -0.2) is 30.9 Å². The number of carbonyl (C=O) groups is 1. The highest BCUT2D eigenvalue weighted by atomic mass is 19.3. The van der Waals surface area contributed by atoms with Gasteiger partial charge in [-0.15, -0.1) is 0 Å². The van der Waals surface area contributed by atoms with Gasteiger partial charge in [0.2, 0.25) is 0 Å². The fraction of sp³-hybridized carbons (Fsp3) is 0.767. The van der Waals surface area contributed by atoms with E-state index in [1.165, 1.54) is 37.5 Å². The zero-order valence-electron chi connectivity index (χ0n) is 22.9. The summed E-state index contributed by atoms with van der Waals surface area (Å²) in [7, 11) is 0. The molecule has 1 aromatic rings. The van der Waals surface area contributed by atoms with E-state index in [-0.39, 0.29) is 62.3 Å². The van der Waals surface area contributed by atoms with E-state index in [2.05, 4.69) is 11.7 Å². The normalized spacial score (nSPS) is 30.6. The molecule has 0 N–H and O–H groups in total. The molecule has 1 heterocycles. The van der Waals surface area contributed by atoms with Crippen molar-refractivity contribution in [1.82, 2.24) is 0 Å². The van der Waals surface area contributed by atoms with Gasteiger partial charge >= 0.3 is 18.2 Å². The number of esters is 1. The van der Waals surface area contributed by atoms with Gasteiger partial charge in [0.25, 0.3) is 0 Å². The van der Waals surface area contributed by atoms with Crippen molar-refractivity contribution >= 4 is 5.97 Å². The third-order valence-electron chi connectivity index (χ3n) is 8.88. The maximum absolute atomic E-state index is 14.9. The van der Waals surface area contributed by atoms with Crippen molar-refractivity contribution < 1.29 is 41.0 Å². The molecule has 0 spiro atoms. The zero-order valence-corrected chi connectivity index (χ0v) is 22.9. The second-order valence-corrected chi connectivity index (χ2v) is 11.8. The van der Waals surface area contributed by atoms with Gasteiger partial charge in [0.15, 0.2) is 0 Å². The lowest BCUT2D eigenvalue weighted by atomic mass is 9.77. The van der Waals surface area contributed by atoms with E-state index in [4.69, 9.17) is 9.47 Å². The van der Waals surface area contributed by atoms with Crippen LogP contribution in [0, 0.1) is 29.5 Å². The van der Waals surface area contributed by atoms with E-state index in [1.807, 2.05) is 0 Å². The second kappa shape index (κ2) is 12.8. The number of halogens is 5. The molecule has 1 saturated heterocycles. The molecule has 2 saturated carbocycles. The number of hydrogen-bond donors (Lipinski definition) is 0. The molecule has 2 aliphatic carbocycles. The monoisotopic (exact) mass is 560 g/mol. The molecule has 0 radical (unpaired) electrons. The Hall–Kier alpha value is -1.74. The average molecular weight is 561 g/mol. The molecule has 4 nitrogen and oxygen atoms in total. The molecule has 39 heavy (non-hydrogen) atoms. The second-order valence-electron chi connectivity index (χ2n) is 11.8. The lowest BCUT2D eigenvalue weighted by Crippen LogP contribution is -2.39. The maximum Gasteiger partial charge on any atom is 0.362 e. The number of carbonyl (C=O) groups excluding carboxylic acids is 1. The molecule has 1 aromatic carbocycles.